The number of hydrogen-bond acceptors (Lipinski definition) is 2. The molecule has 0 amide bonds. The Kier molecular flexibility index (Phi) is 5.12. The molecule has 0 fully saturated rings. The minimum atomic E-state index is 0.157. The van der Waals surface area contributed by atoms with Crippen LogP contribution in [0.5, 0.6) is 0 Å². The molecule has 0 saturated carbocycles. The van der Waals surface area contributed by atoms with E-state index in [2.05, 4.69) is 41.1 Å². The summed E-state index contributed by atoms with van der Waals surface area (Å²) in [5, 5.41) is 0.157. The summed E-state index contributed by atoms with van der Waals surface area (Å²) in [6.45, 7) is 3.65. The van der Waals surface area contributed by atoms with Crippen LogP contribution in [-0.4, -0.2) is 10.9 Å². The second-order valence-corrected chi connectivity index (χ2v) is 5.38. The summed E-state index contributed by atoms with van der Waals surface area (Å²) in [6.07, 6.45) is 4.04. The Morgan fingerprint density at radius 3 is 2.80 bits per heavy atom. The molecular formula is C12H13BrOS. The molecule has 15 heavy (non-hydrogen) atoms. The summed E-state index contributed by atoms with van der Waals surface area (Å²) in [4.78, 5) is 10.7. The van der Waals surface area contributed by atoms with Crippen LogP contribution in [-0.2, 0) is 4.79 Å². The summed E-state index contributed by atoms with van der Waals surface area (Å²) in [7, 11) is 0. The third kappa shape index (κ3) is 5.19. The summed E-state index contributed by atoms with van der Waals surface area (Å²) in [5.41, 5.74) is 2.38. The van der Waals surface area contributed by atoms with Gasteiger partial charge < -0.3 is 0 Å². The Labute approximate surface area is 103 Å². The molecule has 3 heteroatoms. The predicted molar refractivity (Wildman–Crippen MR) is 71.1 cm³/mol. The molecule has 80 valence electrons. The zero-order valence-electron chi connectivity index (χ0n) is 8.79. The Morgan fingerprint density at radius 2 is 2.20 bits per heavy atom. The van der Waals surface area contributed by atoms with Gasteiger partial charge in [-0.3, -0.25) is 4.79 Å². The number of halogens is 1. The first-order valence-corrected chi connectivity index (χ1v) is 6.43. The fourth-order valence-corrected chi connectivity index (χ4v) is 2.26. The minimum absolute atomic E-state index is 0.157. The largest absolute Gasteiger partial charge is 0.288 e. The first-order chi connectivity index (χ1) is 7.08. The quantitative estimate of drug-likeness (QED) is 0.833. The van der Waals surface area contributed by atoms with Crippen molar-refractivity contribution in [1.29, 1.82) is 0 Å². The van der Waals surface area contributed by atoms with Crippen molar-refractivity contribution in [2.75, 3.05) is 5.75 Å². The van der Waals surface area contributed by atoms with Crippen molar-refractivity contribution in [3.05, 3.63) is 39.9 Å². The molecule has 0 heterocycles. The summed E-state index contributed by atoms with van der Waals surface area (Å²) in [6, 6.07) is 6.24. The number of carbonyl (C=O) groups is 1. The van der Waals surface area contributed by atoms with Gasteiger partial charge in [0.1, 0.15) is 0 Å². The lowest BCUT2D eigenvalue weighted by molar-refractivity contribution is -0.109. The van der Waals surface area contributed by atoms with Gasteiger partial charge in [-0.25, -0.2) is 0 Å². The number of benzene rings is 1. The van der Waals surface area contributed by atoms with Crippen LogP contribution >= 0.6 is 27.7 Å². The van der Waals surface area contributed by atoms with Gasteiger partial charge in [0.25, 0.3) is 0 Å². The number of rotatable bonds is 3. The lowest BCUT2D eigenvalue weighted by atomic mass is 10.1. The van der Waals surface area contributed by atoms with Crippen LogP contribution in [0.1, 0.15) is 18.1 Å². The highest BCUT2D eigenvalue weighted by atomic mass is 79.9. The molecule has 0 saturated heterocycles. The average Bonchev–Trinajstić information content (AvgIpc) is 2.10. The molecule has 0 radical (unpaired) electrons. The zero-order chi connectivity index (χ0) is 11.3. The third-order valence-corrected chi connectivity index (χ3v) is 2.98. The molecule has 1 nitrogen and oxygen atoms in total. The Bertz CT molecular complexity index is 365. The van der Waals surface area contributed by atoms with Gasteiger partial charge >= 0.3 is 0 Å². The van der Waals surface area contributed by atoms with Gasteiger partial charge in [-0.1, -0.05) is 45.9 Å². The highest BCUT2D eigenvalue weighted by Gasteiger charge is 1.93. The van der Waals surface area contributed by atoms with Gasteiger partial charge in [0, 0.05) is 17.1 Å². The van der Waals surface area contributed by atoms with Gasteiger partial charge in [0.15, 0.2) is 5.12 Å². The van der Waals surface area contributed by atoms with E-state index in [1.165, 1.54) is 17.3 Å². The lowest BCUT2D eigenvalue weighted by Gasteiger charge is -1.98. The molecule has 0 atom stereocenters. The van der Waals surface area contributed by atoms with E-state index in [1.54, 1.807) is 6.92 Å². The van der Waals surface area contributed by atoms with Crippen LogP contribution in [0.3, 0.4) is 0 Å². The molecule has 0 aromatic heterocycles. The van der Waals surface area contributed by atoms with Crippen molar-refractivity contribution < 1.29 is 4.79 Å². The summed E-state index contributed by atoms with van der Waals surface area (Å²) >= 11 is 4.77. The van der Waals surface area contributed by atoms with Gasteiger partial charge in [-0.05, 0) is 30.2 Å². The number of hydrogen-bond donors (Lipinski definition) is 0. The van der Waals surface area contributed by atoms with Gasteiger partial charge in [-0.2, -0.15) is 0 Å². The molecule has 0 unspecified atom stereocenters. The maximum atomic E-state index is 10.7. The monoisotopic (exact) mass is 284 g/mol. The second-order valence-electron chi connectivity index (χ2n) is 3.27. The molecule has 0 aliphatic carbocycles. The smallest absolute Gasteiger partial charge is 0.186 e. The first-order valence-electron chi connectivity index (χ1n) is 4.65. The summed E-state index contributed by atoms with van der Waals surface area (Å²) in [5.74, 6) is 0.737. The Balaban J connectivity index is 2.60. The molecule has 1 rings (SSSR count). The fraction of sp³-hybridized carbons (Fsp3) is 0.250. The van der Waals surface area contributed by atoms with Crippen molar-refractivity contribution in [3.8, 4) is 0 Å². The average molecular weight is 285 g/mol. The van der Waals surface area contributed by atoms with Crippen molar-refractivity contribution >= 4 is 38.9 Å². The molecular weight excluding hydrogens is 272 g/mol. The molecule has 0 aliphatic rings. The predicted octanol–water partition coefficient (Wildman–Crippen LogP) is 4.05. The maximum Gasteiger partial charge on any atom is 0.186 e. The Morgan fingerprint density at radius 1 is 1.47 bits per heavy atom. The molecule has 0 bridgehead atoms. The van der Waals surface area contributed by atoms with Crippen molar-refractivity contribution in [3.63, 3.8) is 0 Å². The normalized spacial score (nSPS) is 10.9. The number of carbonyl (C=O) groups excluding carboxylic acids is 1. The first kappa shape index (κ1) is 12.5. The SMILES string of the molecule is CC(=O)SCC=Cc1cc(C)cc(Br)c1. The van der Waals surface area contributed by atoms with E-state index in [0.29, 0.717) is 0 Å². The second kappa shape index (κ2) is 6.13. The third-order valence-electron chi connectivity index (χ3n) is 1.76. The Hall–Kier alpha value is -0.540. The molecule has 1 aromatic rings. The van der Waals surface area contributed by atoms with Crippen LogP contribution < -0.4 is 0 Å². The van der Waals surface area contributed by atoms with Crippen LogP contribution in [0, 0.1) is 6.92 Å². The topological polar surface area (TPSA) is 17.1 Å². The molecule has 1 aromatic carbocycles. The van der Waals surface area contributed by atoms with Crippen LogP contribution in [0.2, 0.25) is 0 Å². The maximum absolute atomic E-state index is 10.7. The fourth-order valence-electron chi connectivity index (χ4n) is 1.21. The number of thioether (sulfide) groups is 1. The van der Waals surface area contributed by atoms with Gasteiger partial charge in [0.05, 0.1) is 0 Å². The van der Waals surface area contributed by atoms with Crippen LogP contribution in [0.15, 0.2) is 28.7 Å². The van der Waals surface area contributed by atoms with E-state index >= 15 is 0 Å². The van der Waals surface area contributed by atoms with Crippen molar-refractivity contribution in [2.45, 2.75) is 13.8 Å². The van der Waals surface area contributed by atoms with E-state index in [4.69, 9.17) is 0 Å². The standard InChI is InChI=1S/C12H13BrOS/c1-9-6-11(8-12(13)7-9)4-3-5-15-10(2)14/h3-4,6-8H,5H2,1-2H3. The highest BCUT2D eigenvalue weighted by molar-refractivity contribution is 9.10. The summed E-state index contributed by atoms with van der Waals surface area (Å²) < 4.78 is 1.08. The minimum Gasteiger partial charge on any atom is -0.288 e. The lowest BCUT2D eigenvalue weighted by Crippen LogP contribution is -1.82. The van der Waals surface area contributed by atoms with Gasteiger partial charge in [-0.15, -0.1) is 0 Å². The highest BCUT2D eigenvalue weighted by Crippen LogP contribution is 2.16. The van der Waals surface area contributed by atoms with Crippen molar-refractivity contribution in [2.24, 2.45) is 0 Å². The van der Waals surface area contributed by atoms with E-state index in [9.17, 15) is 4.79 Å². The van der Waals surface area contributed by atoms with Crippen LogP contribution in [0.4, 0.5) is 0 Å². The molecule has 0 spiro atoms. The van der Waals surface area contributed by atoms with Crippen molar-refractivity contribution in [1.82, 2.24) is 0 Å². The van der Waals surface area contributed by atoms with E-state index in [1.807, 2.05) is 12.2 Å². The molecule has 0 N–H and O–H groups in total. The van der Waals surface area contributed by atoms with E-state index in [0.717, 1.165) is 15.8 Å². The zero-order valence-corrected chi connectivity index (χ0v) is 11.2. The van der Waals surface area contributed by atoms with E-state index < -0.39 is 0 Å². The van der Waals surface area contributed by atoms with Gasteiger partial charge in [0.2, 0.25) is 0 Å². The number of aryl methyl sites for hydroxylation is 1. The van der Waals surface area contributed by atoms with E-state index in [-0.39, 0.29) is 5.12 Å². The molecule has 0 aliphatic heterocycles. The van der Waals surface area contributed by atoms with Crippen LogP contribution in [0.25, 0.3) is 6.08 Å².